The Bertz CT molecular complexity index is 877. The number of aliphatic hydroxyl groups is 2. The highest BCUT2D eigenvalue weighted by molar-refractivity contribution is 5.95. The third-order valence-electron chi connectivity index (χ3n) is 8.48. The number of rotatable bonds is 2. The lowest BCUT2D eigenvalue weighted by atomic mass is 9.43. The summed E-state index contributed by atoms with van der Waals surface area (Å²) < 4.78 is 6.60. The van der Waals surface area contributed by atoms with Crippen LogP contribution in [0.25, 0.3) is 0 Å². The molecule has 0 amide bonds. The van der Waals surface area contributed by atoms with Crippen LogP contribution in [0.5, 0.6) is 11.5 Å². The predicted molar refractivity (Wildman–Crippen MR) is 106 cm³/mol. The summed E-state index contributed by atoms with van der Waals surface area (Å²) in [7, 11) is 0. The molecule has 1 aliphatic heterocycles. The van der Waals surface area contributed by atoms with E-state index in [1.165, 1.54) is 6.07 Å². The van der Waals surface area contributed by atoms with Crippen molar-refractivity contribution in [2.24, 2.45) is 22.7 Å². The van der Waals surface area contributed by atoms with Crippen LogP contribution in [-0.2, 0) is 6.42 Å². The summed E-state index contributed by atoms with van der Waals surface area (Å²) in [4.78, 5) is 23.2. The largest absolute Gasteiger partial charge is 0.508 e. The monoisotopic (exact) mass is 402 g/mol. The van der Waals surface area contributed by atoms with Crippen LogP contribution in [0.2, 0.25) is 0 Å². The number of aliphatic hydroxyl groups excluding tert-OH is 2. The van der Waals surface area contributed by atoms with Gasteiger partial charge in [0, 0.05) is 23.0 Å². The van der Waals surface area contributed by atoms with E-state index in [1.807, 2.05) is 13.8 Å². The molecule has 0 bridgehead atoms. The zero-order chi connectivity index (χ0) is 21.4. The number of ether oxygens (including phenoxy) is 1. The summed E-state index contributed by atoms with van der Waals surface area (Å²) in [5, 5.41) is 32.0. The molecule has 0 aromatic heterocycles. The molecular formula is C23H30O6. The van der Waals surface area contributed by atoms with Crippen molar-refractivity contribution >= 4 is 12.6 Å². The molecule has 2 fully saturated rings. The lowest BCUT2D eigenvalue weighted by Gasteiger charge is -2.64. The molecule has 4 rings (SSSR count). The van der Waals surface area contributed by atoms with Gasteiger partial charge in [-0.25, -0.2) is 0 Å². The van der Waals surface area contributed by atoms with Crippen LogP contribution in [0, 0.1) is 22.7 Å². The second-order valence-electron chi connectivity index (χ2n) is 10.1. The SMILES string of the molecule is C[C@@H]1CCC2C(C)(C)[C@H](O)C(O)C[C@]2(C)[C@@]12Cc1c(O)cc(C=O)c(C=O)c1O2. The van der Waals surface area contributed by atoms with Crippen LogP contribution >= 0.6 is 0 Å². The van der Waals surface area contributed by atoms with Gasteiger partial charge in [0.15, 0.2) is 12.6 Å². The van der Waals surface area contributed by atoms with Crippen molar-refractivity contribution in [2.75, 3.05) is 0 Å². The van der Waals surface area contributed by atoms with Crippen molar-refractivity contribution in [3.05, 3.63) is 22.8 Å². The number of fused-ring (bicyclic) bond motifs is 3. The number of aromatic hydroxyl groups is 1. The molecule has 29 heavy (non-hydrogen) atoms. The first kappa shape index (κ1) is 20.4. The minimum atomic E-state index is -0.884. The van der Waals surface area contributed by atoms with Crippen molar-refractivity contribution in [1.82, 2.24) is 0 Å². The van der Waals surface area contributed by atoms with Gasteiger partial charge >= 0.3 is 0 Å². The first-order valence-electron chi connectivity index (χ1n) is 10.4. The van der Waals surface area contributed by atoms with E-state index in [2.05, 4.69) is 13.8 Å². The molecule has 6 nitrogen and oxygen atoms in total. The number of carbonyl (C=O) groups excluding carboxylic acids is 2. The smallest absolute Gasteiger partial charge is 0.154 e. The van der Waals surface area contributed by atoms with E-state index in [0.717, 1.165) is 12.8 Å². The van der Waals surface area contributed by atoms with Crippen LogP contribution in [-0.4, -0.2) is 45.7 Å². The molecule has 6 heteroatoms. The van der Waals surface area contributed by atoms with Crippen molar-refractivity contribution in [3.8, 4) is 11.5 Å². The van der Waals surface area contributed by atoms with Crippen LogP contribution < -0.4 is 4.74 Å². The Morgan fingerprint density at radius 3 is 2.45 bits per heavy atom. The zero-order valence-corrected chi connectivity index (χ0v) is 17.4. The van der Waals surface area contributed by atoms with Gasteiger partial charge in [-0.15, -0.1) is 0 Å². The highest BCUT2D eigenvalue weighted by Gasteiger charge is 2.68. The highest BCUT2D eigenvalue weighted by Crippen LogP contribution is 2.66. The van der Waals surface area contributed by atoms with Gasteiger partial charge in [0.25, 0.3) is 0 Å². The van der Waals surface area contributed by atoms with Gasteiger partial charge in [-0.2, -0.15) is 0 Å². The highest BCUT2D eigenvalue weighted by atomic mass is 16.5. The van der Waals surface area contributed by atoms with Crippen molar-refractivity contribution in [1.29, 1.82) is 0 Å². The van der Waals surface area contributed by atoms with E-state index in [-0.39, 0.29) is 34.5 Å². The minimum absolute atomic E-state index is 0.0434. The first-order valence-corrected chi connectivity index (χ1v) is 10.4. The molecular weight excluding hydrogens is 372 g/mol. The Kier molecular flexibility index (Phi) is 4.41. The lowest BCUT2D eigenvalue weighted by Crippen LogP contribution is -2.69. The summed E-state index contributed by atoms with van der Waals surface area (Å²) >= 11 is 0. The maximum absolute atomic E-state index is 11.8. The second kappa shape index (κ2) is 6.29. The van der Waals surface area contributed by atoms with Crippen molar-refractivity contribution in [3.63, 3.8) is 0 Å². The molecule has 1 heterocycles. The molecule has 1 spiro atoms. The summed E-state index contributed by atoms with van der Waals surface area (Å²) in [5.41, 5.74) is -0.921. The fourth-order valence-electron chi connectivity index (χ4n) is 6.89. The topological polar surface area (TPSA) is 104 Å². The standard InChI is InChI=1S/C23H30O6/c1-12-5-6-18-21(2,3)20(28)17(27)9-22(18,4)23(12)8-14-16(26)7-13(10-24)15(11-25)19(14)29-23/h7,10-12,17-18,20,26-28H,5-6,8-9H2,1-4H3/t12-,17?,18?,20-,22+,23-/m1/s1. The van der Waals surface area contributed by atoms with E-state index in [1.54, 1.807) is 0 Å². The van der Waals surface area contributed by atoms with E-state index in [0.29, 0.717) is 31.0 Å². The van der Waals surface area contributed by atoms with E-state index in [4.69, 9.17) is 4.74 Å². The number of hydrogen-bond donors (Lipinski definition) is 3. The molecule has 6 atom stereocenters. The molecule has 158 valence electrons. The predicted octanol–water partition coefficient (Wildman–Crippen LogP) is 2.90. The fourth-order valence-corrected chi connectivity index (χ4v) is 6.89. The second-order valence-corrected chi connectivity index (χ2v) is 10.1. The molecule has 0 saturated heterocycles. The summed E-state index contributed by atoms with van der Waals surface area (Å²) in [6.45, 7) is 8.20. The number of hydrogen-bond acceptors (Lipinski definition) is 6. The van der Waals surface area contributed by atoms with Gasteiger partial charge in [0.05, 0.1) is 17.8 Å². The van der Waals surface area contributed by atoms with Crippen molar-refractivity contribution in [2.45, 2.75) is 71.2 Å². The van der Waals surface area contributed by atoms with E-state index < -0.39 is 28.6 Å². The number of phenolic OH excluding ortho intramolecular Hbond substituents is 1. The summed E-state index contributed by atoms with van der Waals surface area (Å²) in [5.74, 6) is 0.437. The third-order valence-corrected chi connectivity index (χ3v) is 8.48. The quantitative estimate of drug-likeness (QED) is 0.657. The van der Waals surface area contributed by atoms with Crippen LogP contribution in [0.3, 0.4) is 0 Å². The zero-order valence-electron chi connectivity index (χ0n) is 17.4. The molecule has 3 N–H and O–H groups in total. The van der Waals surface area contributed by atoms with Crippen LogP contribution in [0.15, 0.2) is 6.07 Å². The maximum Gasteiger partial charge on any atom is 0.154 e. The normalized spacial score (nSPS) is 40.1. The Hall–Kier alpha value is -1.92. The van der Waals surface area contributed by atoms with E-state index >= 15 is 0 Å². The Morgan fingerprint density at radius 2 is 1.83 bits per heavy atom. The lowest BCUT2D eigenvalue weighted by molar-refractivity contribution is -0.240. The molecule has 2 aliphatic carbocycles. The molecule has 2 unspecified atom stereocenters. The molecule has 3 aliphatic rings. The van der Waals surface area contributed by atoms with Crippen LogP contribution in [0.4, 0.5) is 0 Å². The maximum atomic E-state index is 11.8. The Balaban J connectivity index is 1.90. The van der Waals surface area contributed by atoms with Gasteiger partial charge in [-0.3, -0.25) is 9.59 Å². The average molecular weight is 402 g/mol. The average Bonchev–Trinajstić information content (AvgIpc) is 3.07. The fraction of sp³-hybridized carbons (Fsp3) is 0.652. The number of carbonyl (C=O) groups is 2. The Labute approximate surface area is 170 Å². The third kappa shape index (κ3) is 2.42. The van der Waals surface area contributed by atoms with Gasteiger partial charge < -0.3 is 20.1 Å². The van der Waals surface area contributed by atoms with Crippen molar-refractivity contribution < 1.29 is 29.6 Å². The van der Waals surface area contributed by atoms with Gasteiger partial charge in [0.1, 0.15) is 17.1 Å². The van der Waals surface area contributed by atoms with Gasteiger partial charge in [0.2, 0.25) is 0 Å². The molecule has 1 aromatic rings. The summed E-state index contributed by atoms with van der Waals surface area (Å²) in [6.07, 6.45) is 2.01. The number of aldehydes is 2. The first-order chi connectivity index (χ1) is 13.5. The molecule has 2 saturated carbocycles. The number of benzene rings is 1. The minimum Gasteiger partial charge on any atom is -0.508 e. The molecule has 1 aromatic carbocycles. The van der Waals surface area contributed by atoms with Crippen LogP contribution in [0.1, 0.15) is 73.2 Å². The molecule has 0 radical (unpaired) electrons. The van der Waals surface area contributed by atoms with E-state index in [9.17, 15) is 24.9 Å². The summed E-state index contributed by atoms with van der Waals surface area (Å²) in [6, 6.07) is 1.33. The Morgan fingerprint density at radius 1 is 1.14 bits per heavy atom. The van der Waals surface area contributed by atoms with Gasteiger partial charge in [-0.05, 0) is 42.6 Å². The number of phenols is 1. The van der Waals surface area contributed by atoms with Gasteiger partial charge in [-0.1, -0.05) is 27.7 Å².